The van der Waals surface area contributed by atoms with E-state index in [2.05, 4.69) is 12.7 Å². The Morgan fingerprint density at radius 1 is 1.58 bits per heavy atom. The zero-order chi connectivity index (χ0) is 14.0. The second-order valence-corrected chi connectivity index (χ2v) is 6.98. The molecule has 0 radical (unpaired) electrons. The van der Waals surface area contributed by atoms with Crippen molar-refractivity contribution in [2.24, 2.45) is 11.8 Å². The Labute approximate surface area is 118 Å². The largest absolute Gasteiger partial charge is 0.458 e. The lowest BCUT2D eigenvalue weighted by Gasteiger charge is -2.42. The van der Waals surface area contributed by atoms with Gasteiger partial charge in [0.2, 0.25) is 0 Å². The van der Waals surface area contributed by atoms with Gasteiger partial charge in [0.05, 0.1) is 10.5 Å². The Balaban J connectivity index is 2.09. The van der Waals surface area contributed by atoms with Crippen molar-refractivity contribution < 1.29 is 14.6 Å². The summed E-state index contributed by atoms with van der Waals surface area (Å²) < 4.78 is 5.53. The van der Waals surface area contributed by atoms with Crippen LogP contribution in [0.3, 0.4) is 0 Å². The fraction of sp³-hybridized carbons (Fsp3) is 0.667. The Kier molecular flexibility index (Phi) is 2.68. The van der Waals surface area contributed by atoms with Gasteiger partial charge < -0.3 is 9.84 Å². The van der Waals surface area contributed by atoms with E-state index >= 15 is 0 Å². The lowest BCUT2D eigenvalue weighted by atomic mass is 9.75. The second kappa shape index (κ2) is 3.86. The molecule has 3 rings (SSSR count). The molecule has 0 spiro atoms. The van der Waals surface area contributed by atoms with Crippen molar-refractivity contribution in [1.82, 2.24) is 0 Å². The number of carbonyl (C=O) groups excluding carboxylic acids is 1. The van der Waals surface area contributed by atoms with Crippen molar-refractivity contribution in [3.05, 3.63) is 23.8 Å². The molecule has 4 heteroatoms. The van der Waals surface area contributed by atoms with Crippen molar-refractivity contribution in [3.8, 4) is 0 Å². The smallest absolute Gasteiger partial charge is 0.334 e. The molecule has 0 bridgehead atoms. The van der Waals surface area contributed by atoms with Gasteiger partial charge in [-0.05, 0) is 33.1 Å². The summed E-state index contributed by atoms with van der Waals surface area (Å²) in [7, 11) is 0. The summed E-state index contributed by atoms with van der Waals surface area (Å²) in [5.74, 6) is -0.457. The number of hydrogen-bond donors (Lipinski definition) is 1. The van der Waals surface area contributed by atoms with Crippen LogP contribution in [-0.2, 0) is 9.53 Å². The second-order valence-electron chi connectivity index (χ2n) is 6.31. The molecule has 2 fully saturated rings. The molecule has 1 saturated heterocycles. The molecule has 0 amide bonds. The van der Waals surface area contributed by atoms with Gasteiger partial charge in [-0.1, -0.05) is 18.2 Å². The first-order valence-electron chi connectivity index (χ1n) is 6.76. The third-order valence-electron chi connectivity index (χ3n) is 5.22. The summed E-state index contributed by atoms with van der Waals surface area (Å²) in [6.45, 7) is 7.65. The highest BCUT2D eigenvalue weighted by Gasteiger charge is 2.62. The molecule has 0 aromatic heterocycles. The molecule has 0 aromatic rings. The van der Waals surface area contributed by atoms with E-state index in [9.17, 15) is 9.90 Å². The van der Waals surface area contributed by atoms with E-state index in [1.165, 1.54) is 0 Å². The quantitative estimate of drug-likeness (QED) is 0.321. The molecule has 5 atom stereocenters. The zero-order valence-electron chi connectivity index (χ0n) is 11.3. The topological polar surface area (TPSA) is 46.5 Å². The first-order valence-corrected chi connectivity index (χ1v) is 7.13. The number of carbonyl (C=O) groups is 1. The molecular weight excluding hydrogens is 264 g/mol. The maximum atomic E-state index is 11.8. The monoisotopic (exact) mass is 282 g/mol. The van der Waals surface area contributed by atoms with Crippen molar-refractivity contribution >= 4 is 17.6 Å². The predicted molar refractivity (Wildman–Crippen MR) is 72.8 cm³/mol. The third-order valence-corrected chi connectivity index (χ3v) is 6.02. The summed E-state index contributed by atoms with van der Waals surface area (Å²) in [6, 6.07) is 0. The first-order chi connectivity index (χ1) is 8.78. The SMILES string of the molecule is C=C1C(=O)O[C@@H]2[C@H]3C(C)=CC[C@@]3(Cl)[C@@](C)(O)CC[C@@H]12. The van der Waals surface area contributed by atoms with E-state index in [0.717, 1.165) is 5.57 Å². The molecule has 2 aliphatic carbocycles. The summed E-state index contributed by atoms with van der Waals surface area (Å²) >= 11 is 6.80. The Hall–Kier alpha value is -0.800. The highest BCUT2D eigenvalue weighted by molar-refractivity contribution is 6.25. The van der Waals surface area contributed by atoms with Crippen molar-refractivity contribution in [3.63, 3.8) is 0 Å². The van der Waals surface area contributed by atoms with Gasteiger partial charge in [-0.15, -0.1) is 11.6 Å². The first kappa shape index (κ1) is 13.2. The molecule has 0 unspecified atom stereocenters. The Morgan fingerprint density at radius 2 is 2.26 bits per heavy atom. The number of hydrogen-bond acceptors (Lipinski definition) is 3. The van der Waals surface area contributed by atoms with E-state index in [-0.39, 0.29) is 23.9 Å². The van der Waals surface area contributed by atoms with Crippen LogP contribution in [0.5, 0.6) is 0 Å². The molecule has 0 aromatic carbocycles. The van der Waals surface area contributed by atoms with E-state index in [1.54, 1.807) is 6.92 Å². The van der Waals surface area contributed by atoms with Gasteiger partial charge in [0.15, 0.2) is 0 Å². The number of esters is 1. The van der Waals surface area contributed by atoms with Crippen LogP contribution in [0.15, 0.2) is 23.8 Å². The van der Waals surface area contributed by atoms with Gasteiger partial charge >= 0.3 is 5.97 Å². The number of fused-ring (bicyclic) bond motifs is 3. The minimum atomic E-state index is -0.968. The van der Waals surface area contributed by atoms with Gasteiger partial charge in [-0.25, -0.2) is 4.79 Å². The fourth-order valence-electron chi connectivity index (χ4n) is 3.91. The number of alkyl halides is 1. The normalized spacial score (nSPS) is 49.3. The van der Waals surface area contributed by atoms with Crippen molar-refractivity contribution in [1.29, 1.82) is 0 Å². The lowest BCUT2D eigenvalue weighted by molar-refractivity contribution is -0.141. The van der Waals surface area contributed by atoms with E-state index in [4.69, 9.17) is 16.3 Å². The highest BCUT2D eigenvalue weighted by Crippen LogP contribution is 2.57. The maximum Gasteiger partial charge on any atom is 0.334 e. The summed E-state index contributed by atoms with van der Waals surface area (Å²) in [5.41, 5.74) is 0.668. The van der Waals surface area contributed by atoms with Gasteiger partial charge in [-0.3, -0.25) is 0 Å². The van der Waals surface area contributed by atoms with E-state index < -0.39 is 10.5 Å². The minimum absolute atomic E-state index is 0.0222. The van der Waals surface area contributed by atoms with Crippen molar-refractivity contribution in [2.75, 3.05) is 0 Å². The average Bonchev–Trinajstić information content (AvgIpc) is 2.75. The summed E-state index contributed by atoms with van der Waals surface area (Å²) in [6.07, 6.45) is 3.66. The van der Waals surface area contributed by atoms with Crippen LogP contribution >= 0.6 is 11.6 Å². The number of allylic oxidation sites excluding steroid dienone is 1. The molecule has 1 aliphatic heterocycles. The number of halogens is 1. The molecular formula is C15H19ClO3. The van der Waals surface area contributed by atoms with Gasteiger partial charge in [0.1, 0.15) is 6.10 Å². The zero-order valence-corrected chi connectivity index (χ0v) is 12.0. The molecule has 1 saturated carbocycles. The number of aliphatic hydroxyl groups is 1. The van der Waals surface area contributed by atoms with Crippen molar-refractivity contribution in [2.45, 2.75) is 49.7 Å². The van der Waals surface area contributed by atoms with Crippen LogP contribution in [0.25, 0.3) is 0 Å². The van der Waals surface area contributed by atoms with Crippen LogP contribution in [0.2, 0.25) is 0 Å². The average molecular weight is 283 g/mol. The molecule has 3 nitrogen and oxygen atoms in total. The number of rotatable bonds is 0. The minimum Gasteiger partial charge on any atom is -0.458 e. The van der Waals surface area contributed by atoms with E-state index in [0.29, 0.717) is 24.8 Å². The predicted octanol–water partition coefficient (Wildman–Crippen LogP) is 2.57. The fourth-order valence-corrected chi connectivity index (χ4v) is 4.38. The summed E-state index contributed by atoms with van der Waals surface area (Å²) in [4.78, 5) is 11.0. The lowest BCUT2D eigenvalue weighted by Crippen LogP contribution is -2.52. The number of ether oxygens (including phenoxy) is 1. The highest BCUT2D eigenvalue weighted by atomic mass is 35.5. The standard InChI is InChI=1S/C15H19ClO3/c1-8-4-7-15(16)11(8)12-10(5-6-14(15,3)18)9(2)13(17)19-12/h4,10-12,18H,2,5-7H2,1,3H3/t10-,11+,12-,14-,15-/m0/s1. The molecule has 1 N–H and O–H groups in total. The van der Waals surface area contributed by atoms with Crippen LogP contribution in [0.4, 0.5) is 0 Å². The van der Waals surface area contributed by atoms with E-state index in [1.807, 2.05) is 6.92 Å². The molecule has 1 heterocycles. The van der Waals surface area contributed by atoms with Gasteiger partial charge in [0, 0.05) is 17.4 Å². The van der Waals surface area contributed by atoms with Gasteiger partial charge in [0.25, 0.3) is 0 Å². The van der Waals surface area contributed by atoms with Crippen LogP contribution in [0, 0.1) is 11.8 Å². The summed E-state index contributed by atoms with van der Waals surface area (Å²) in [5, 5.41) is 10.8. The Bertz CT molecular complexity index is 494. The van der Waals surface area contributed by atoms with Crippen LogP contribution in [-0.4, -0.2) is 27.7 Å². The molecule has 104 valence electrons. The maximum absolute atomic E-state index is 11.8. The third kappa shape index (κ3) is 1.58. The Morgan fingerprint density at radius 3 is 2.95 bits per heavy atom. The van der Waals surface area contributed by atoms with Crippen LogP contribution in [0.1, 0.15) is 33.1 Å². The molecule has 19 heavy (non-hydrogen) atoms. The van der Waals surface area contributed by atoms with Gasteiger partial charge in [-0.2, -0.15) is 0 Å². The molecule has 3 aliphatic rings. The van der Waals surface area contributed by atoms with Crippen LogP contribution < -0.4 is 0 Å².